The third kappa shape index (κ3) is 8.42. The molecule has 3 aromatic carbocycles. The van der Waals surface area contributed by atoms with Crippen molar-refractivity contribution >= 4 is 40.9 Å². The molecule has 0 fully saturated rings. The molecular formula is C31H34ClN5O5S. The van der Waals surface area contributed by atoms with E-state index in [1.54, 1.807) is 28.8 Å². The fourth-order valence-corrected chi connectivity index (χ4v) is 5.17. The van der Waals surface area contributed by atoms with E-state index >= 15 is 0 Å². The maximum absolute atomic E-state index is 13.3. The Balaban J connectivity index is 1.55. The molecule has 0 atom stereocenters. The van der Waals surface area contributed by atoms with Crippen LogP contribution in [-0.4, -0.2) is 52.2 Å². The molecule has 0 saturated heterocycles. The number of aromatic nitrogens is 3. The summed E-state index contributed by atoms with van der Waals surface area (Å²) in [5, 5.41) is 15.5. The number of hydrogen-bond acceptors (Lipinski definition) is 8. The molecule has 2 amide bonds. The lowest BCUT2D eigenvalue weighted by Crippen LogP contribution is -2.25. The highest BCUT2D eigenvalue weighted by Crippen LogP contribution is 2.39. The minimum absolute atomic E-state index is 0.0511. The minimum Gasteiger partial charge on any atom is -0.490 e. The zero-order valence-electron chi connectivity index (χ0n) is 24.5. The zero-order chi connectivity index (χ0) is 30.8. The van der Waals surface area contributed by atoms with Crippen molar-refractivity contribution in [3.63, 3.8) is 0 Å². The SMILES string of the molecule is CCOc1cc(C(=O)NCc2nnc(SCC(=O)Nc3cccc(C)c3)n2-c2cccc(Cl)c2)cc(OCC)c1OCC. The van der Waals surface area contributed by atoms with Crippen LogP contribution in [0.2, 0.25) is 5.02 Å². The number of anilines is 1. The molecule has 4 aromatic rings. The number of benzene rings is 3. The van der Waals surface area contributed by atoms with Gasteiger partial charge in [-0.3, -0.25) is 14.2 Å². The van der Waals surface area contributed by atoms with Crippen molar-refractivity contribution in [2.75, 3.05) is 30.9 Å². The van der Waals surface area contributed by atoms with E-state index in [9.17, 15) is 9.59 Å². The number of nitrogens with zero attached hydrogens (tertiary/aromatic N) is 3. The molecule has 226 valence electrons. The summed E-state index contributed by atoms with van der Waals surface area (Å²) in [7, 11) is 0. The number of thioether (sulfide) groups is 1. The molecule has 1 aromatic heterocycles. The van der Waals surface area contributed by atoms with Crippen molar-refractivity contribution in [2.45, 2.75) is 39.4 Å². The molecule has 0 saturated carbocycles. The number of aryl methyl sites for hydroxylation is 1. The summed E-state index contributed by atoms with van der Waals surface area (Å²) >= 11 is 7.52. The summed E-state index contributed by atoms with van der Waals surface area (Å²) in [6, 6.07) is 18.0. The average Bonchev–Trinajstić information content (AvgIpc) is 3.39. The van der Waals surface area contributed by atoms with Crippen LogP contribution in [0.1, 0.15) is 42.5 Å². The van der Waals surface area contributed by atoms with Gasteiger partial charge in [0.25, 0.3) is 5.91 Å². The second-order valence-electron chi connectivity index (χ2n) is 9.20. The Morgan fingerprint density at radius 2 is 1.60 bits per heavy atom. The zero-order valence-corrected chi connectivity index (χ0v) is 26.1. The standard InChI is InChI=1S/C31H34ClN5O5S/c1-5-40-25-15-21(16-26(41-6-2)29(25)42-7-3)30(39)33-18-27-35-36-31(37(27)24-13-9-11-22(32)17-24)43-19-28(38)34-23-12-8-10-20(4)14-23/h8-17H,5-7,18-19H2,1-4H3,(H,33,39)(H,34,38). The molecule has 2 N–H and O–H groups in total. The number of nitrogens with one attached hydrogen (secondary N) is 2. The van der Waals surface area contributed by atoms with E-state index in [2.05, 4.69) is 20.8 Å². The first-order chi connectivity index (χ1) is 20.8. The van der Waals surface area contributed by atoms with E-state index in [1.807, 2.05) is 64.1 Å². The van der Waals surface area contributed by atoms with Gasteiger partial charge in [-0.25, -0.2) is 0 Å². The number of carbonyl (C=O) groups is 2. The van der Waals surface area contributed by atoms with Crippen molar-refractivity contribution in [1.82, 2.24) is 20.1 Å². The van der Waals surface area contributed by atoms with E-state index in [-0.39, 0.29) is 24.1 Å². The Kier molecular flexibility index (Phi) is 11.3. The van der Waals surface area contributed by atoms with Gasteiger partial charge >= 0.3 is 0 Å². The van der Waals surface area contributed by atoms with Gasteiger partial charge < -0.3 is 24.8 Å². The molecule has 0 aliphatic rings. The van der Waals surface area contributed by atoms with Crippen LogP contribution in [0.5, 0.6) is 17.2 Å². The summed E-state index contributed by atoms with van der Waals surface area (Å²) < 4.78 is 19.0. The van der Waals surface area contributed by atoms with Crippen molar-refractivity contribution < 1.29 is 23.8 Å². The van der Waals surface area contributed by atoms with Crippen LogP contribution in [0.25, 0.3) is 5.69 Å². The molecule has 0 aliphatic heterocycles. The van der Waals surface area contributed by atoms with Gasteiger partial charge in [0, 0.05) is 16.3 Å². The Morgan fingerprint density at radius 3 is 2.26 bits per heavy atom. The van der Waals surface area contributed by atoms with Gasteiger partial charge in [-0.1, -0.05) is 41.6 Å². The lowest BCUT2D eigenvalue weighted by atomic mass is 10.1. The second kappa shape index (κ2) is 15.3. The number of amides is 2. The van der Waals surface area contributed by atoms with Crippen molar-refractivity contribution in [3.05, 3.63) is 82.6 Å². The smallest absolute Gasteiger partial charge is 0.251 e. The topological polar surface area (TPSA) is 117 Å². The van der Waals surface area contributed by atoms with Crippen LogP contribution in [0.3, 0.4) is 0 Å². The van der Waals surface area contributed by atoms with Gasteiger partial charge in [-0.15, -0.1) is 10.2 Å². The van der Waals surface area contributed by atoms with E-state index in [1.165, 1.54) is 11.8 Å². The Labute approximate surface area is 260 Å². The van der Waals surface area contributed by atoms with E-state index in [0.717, 1.165) is 11.3 Å². The molecule has 4 rings (SSSR count). The van der Waals surface area contributed by atoms with Crippen LogP contribution in [0.4, 0.5) is 5.69 Å². The lowest BCUT2D eigenvalue weighted by Gasteiger charge is -2.17. The molecule has 1 heterocycles. The Morgan fingerprint density at radius 1 is 0.907 bits per heavy atom. The highest BCUT2D eigenvalue weighted by atomic mass is 35.5. The van der Waals surface area contributed by atoms with Gasteiger partial charge in [-0.05, 0) is 75.7 Å². The van der Waals surface area contributed by atoms with Crippen molar-refractivity contribution in [3.8, 4) is 22.9 Å². The fourth-order valence-electron chi connectivity index (χ4n) is 4.21. The van der Waals surface area contributed by atoms with Crippen LogP contribution in [0, 0.1) is 6.92 Å². The van der Waals surface area contributed by atoms with Gasteiger partial charge in [-0.2, -0.15) is 0 Å². The molecular weight excluding hydrogens is 590 g/mol. The normalized spacial score (nSPS) is 10.7. The number of ether oxygens (including phenoxy) is 3. The average molecular weight is 624 g/mol. The lowest BCUT2D eigenvalue weighted by molar-refractivity contribution is -0.113. The highest BCUT2D eigenvalue weighted by molar-refractivity contribution is 7.99. The maximum Gasteiger partial charge on any atom is 0.251 e. The van der Waals surface area contributed by atoms with E-state index in [4.69, 9.17) is 25.8 Å². The van der Waals surface area contributed by atoms with Gasteiger partial charge in [0.2, 0.25) is 11.7 Å². The molecule has 0 spiro atoms. The maximum atomic E-state index is 13.3. The third-order valence-corrected chi connectivity index (χ3v) is 7.14. The van der Waals surface area contributed by atoms with E-state index < -0.39 is 0 Å². The minimum atomic E-state index is -0.364. The molecule has 0 aliphatic carbocycles. The monoisotopic (exact) mass is 623 g/mol. The van der Waals surface area contributed by atoms with Gasteiger partial charge in [0.05, 0.1) is 37.8 Å². The van der Waals surface area contributed by atoms with E-state index in [0.29, 0.717) is 64.3 Å². The summed E-state index contributed by atoms with van der Waals surface area (Å²) in [5.74, 6) is 1.31. The Hall–Kier alpha value is -4.22. The van der Waals surface area contributed by atoms with Crippen LogP contribution in [0.15, 0.2) is 65.8 Å². The van der Waals surface area contributed by atoms with Gasteiger partial charge in [0.15, 0.2) is 22.5 Å². The van der Waals surface area contributed by atoms with Crippen molar-refractivity contribution in [2.24, 2.45) is 0 Å². The van der Waals surface area contributed by atoms with Crippen LogP contribution >= 0.6 is 23.4 Å². The third-order valence-electron chi connectivity index (χ3n) is 5.98. The second-order valence-corrected chi connectivity index (χ2v) is 10.6. The number of halogens is 1. The number of carbonyl (C=O) groups excluding carboxylic acids is 2. The largest absolute Gasteiger partial charge is 0.490 e. The quantitative estimate of drug-likeness (QED) is 0.162. The number of hydrogen-bond donors (Lipinski definition) is 2. The number of rotatable bonds is 14. The molecule has 0 bridgehead atoms. The van der Waals surface area contributed by atoms with Gasteiger partial charge in [0.1, 0.15) is 0 Å². The predicted molar refractivity (Wildman–Crippen MR) is 168 cm³/mol. The first-order valence-electron chi connectivity index (χ1n) is 13.9. The predicted octanol–water partition coefficient (Wildman–Crippen LogP) is 6.09. The first kappa shape index (κ1) is 31.7. The summed E-state index contributed by atoms with van der Waals surface area (Å²) in [5.41, 5.74) is 2.80. The van der Waals surface area contributed by atoms with Crippen molar-refractivity contribution in [1.29, 1.82) is 0 Å². The molecule has 12 heteroatoms. The summed E-state index contributed by atoms with van der Waals surface area (Å²) in [4.78, 5) is 26.0. The summed E-state index contributed by atoms with van der Waals surface area (Å²) in [6.45, 7) is 8.79. The van der Waals surface area contributed by atoms with Crippen LogP contribution in [-0.2, 0) is 11.3 Å². The van der Waals surface area contributed by atoms with Crippen LogP contribution < -0.4 is 24.8 Å². The highest BCUT2D eigenvalue weighted by Gasteiger charge is 2.21. The molecule has 10 nitrogen and oxygen atoms in total. The molecule has 43 heavy (non-hydrogen) atoms. The Bertz CT molecular complexity index is 1550. The molecule has 0 radical (unpaired) electrons. The molecule has 0 unspecified atom stereocenters. The first-order valence-corrected chi connectivity index (χ1v) is 15.2. The summed E-state index contributed by atoms with van der Waals surface area (Å²) in [6.07, 6.45) is 0. The fraction of sp³-hybridized carbons (Fsp3) is 0.290.